The van der Waals surface area contributed by atoms with Gasteiger partial charge in [-0.15, -0.1) is 0 Å². The average molecular weight is 364 g/mol. The zero-order valence-electron chi connectivity index (χ0n) is 13.4. The van der Waals surface area contributed by atoms with Gasteiger partial charge in [0.1, 0.15) is 5.82 Å². The fraction of sp³-hybridized carbons (Fsp3) is 0.278. The van der Waals surface area contributed by atoms with E-state index in [1.807, 2.05) is 0 Å². The summed E-state index contributed by atoms with van der Waals surface area (Å²) in [7, 11) is 0. The van der Waals surface area contributed by atoms with Crippen LogP contribution in [0.5, 0.6) is 0 Å². The predicted molar refractivity (Wildman–Crippen MR) is 103 cm³/mol. The van der Waals surface area contributed by atoms with Crippen LogP contribution in [0, 0.1) is 12.7 Å². The first-order valence-corrected chi connectivity index (χ1v) is 8.64. The summed E-state index contributed by atoms with van der Waals surface area (Å²) in [5, 5.41) is 3.86. The van der Waals surface area contributed by atoms with Crippen molar-refractivity contribution < 1.29 is 4.39 Å². The van der Waals surface area contributed by atoms with Crippen LogP contribution in [-0.2, 0) is 0 Å². The van der Waals surface area contributed by atoms with Gasteiger partial charge < -0.3 is 15.1 Å². The average Bonchev–Trinajstić information content (AvgIpc) is 2.58. The summed E-state index contributed by atoms with van der Waals surface area (Å²) < 4.78 is 13.2. The van der Waals surface area contributed by atoms with E-state index in [9.17, 15) is 4.39 Å². The Morgan fingerprint density at radius 2 is 1.88 bits per heavy atom. The van der Waals surface area contributed by atoms with Crippen molar-refractivity contribution in [2.75, 3.05) is 36.4 Å². The van der Waals surface area contributed by atoms with Gasteiger partial charge in [0.15, 0.2) is 5.11 Å². The van der Waals surface area contributed by atoms with E-state index in [-0.39, 0.29) is 5.02 Å². The highest BCUT2D eigenvalue weighted by atomic mass is 35.5. The second-order valence-electron chi connectivity index (χ2n) is 5.87. The maximum Gasteiger partial charge on any atom is 0.173 e. The highest BCUT2D eigenvalue weighted by Crippen LogP contribution is 2.21. The molecule has 24 heavy (non-hydrogen) atoms. The second-order valence-corrected chi connectivity index (χ2v) is 6.67. The largest absolute Gasteiger partial charge is 0.368 e. The second kappa shape index (κ2) is 7.36. The van der Waals surface area contributed by atoms with E-state index in [2.05, 4.69) is 46.3 Å². The monoisotopic (exact) mass is 363 g/mol. The molecule has 1 N–H and O–H groups in total. The molecule has 1 heterocycles. The van der Waals surface area contributed by atoms with Crippen molar-refractivity contribution in [1.82, 2.24) is 4.90 Å². The van der Waals surface area contributed by atoms with Crippen molar-refractivity contribution in [3.05, 3.63) is 58.9 Å². The number of aryl methyl sites for hydroxylation is 1. The zero-order chi connectivity index (χ0) is 17.1. The molecule has 0 aliphatic carbocycles. The summed E-state index contributed by atoms with van der Waals surface area (Å²) in [5.41, 5.74) is 3.21. The van der Waals surface area contributed by atoms with Crippen molar-refractivity contribution in [1.29, 1.82) is 0 Å². The van der Waals surface area contributed by atoms with E-state index >= 15 is 0 Å². The van der Waals surface area contributed by atoms with Crippen LogP contribution in [0.25, 0.3) is 0 Å². The molecule has 2 aromatic rings. The molecule has 2 aromatic carbocycles. The first-order chi connectivity index (χ1) is 11.5. The number of halogens is 2. The molecule has 1 aliphatic rings. The minimum atomic E-state index is -0.431. The van der Waals surface area contributed by atoms with Crippen molar-refractivity contribution in [3.8, 4) is 0 Å². The first-order valence-electron chi connectivity index (χ1n) is 7.85. The summed E-state index contributed by atoms with van der Waals surface area (Å²) in [6.07, 6.45) is 0. The summed E-state index contributed by atoms with van der Waals surface area (Å²) in [5.74, 6) is -0.431. The Bertz CT molecular complexity index is 745. The van der Waals surface area contributed by atoms with Gasteiger partial charge >= 0.3 is 0 Å². The summed E-state index contributed by atoms with van der Waals surface area (Å²) >= 11 is 11.3. The van der Waals surface area contributed by atoms with Gasteiger partial charge in [0.25, 0.3) is 0 Å². The lowest BCUT2D eigenvalue weighted by atomic mass is 10.2. The van der Waals surface area contributed by atoms with Crippen LogP contribution in [0.2, 0.25) is 5.02 Å². The summed E-state index contributed by atoms with van der Waals surface area (Å²) in [6.45, 7) is 5.61. The molecule has 0 unspecified atom stereocenters. The number of piperazine rings is 1. The SMILES string of the molecule is Cc1cccc(N2CCN(C(=S)Nc3ccc(F)c(Cl)c3)CC2)c1. The lowest BCUT2D eigenvalue weighted by Gasteiger charge is -2.37. The number of thiocarbonyl (C=S) groups is 1. The maximum absolute atomic E-state index is 13.2. The van der Waals surface area contributed by atoms with Crippen molar-refractivity contribution >= 4 is 40.3 Å². The highest BCUT2D eigenvalue weighted by molar-refractivity contribution is 7.80. The van der Waals surface area contributed by atoms with E-state index in [0.717, 1.165) is 26.2 Å². The molecule has 0 radical (unpaired) electrons. The first kappa shape index (κ1) is 17.0. The van der Waals surface area contributed by atoms with Crippen molar-refractivity contribution in [2.45, 2.75) is 6.92 Å². The van der Waals surface area contributed by atoms with Crippen molar-refractivity contribution in [3.63, 3.8) is 0 Å². The lowest BCUT2D eigenvalue weighted by Crippen LogP contribution is -2.50. The molecule has 0 bridgehead atoms. The van der Waals surface area contributed by atoms with Crippen molar-refractivity contribution in [2.24, 2.45) is 0 Å². The van der Waals surface area contributed by atoms with Gasteiger partial charge in [-0.2, -0.15) is 0 Å². The summed E-state index contributed by atoms with van der Waals surface area (Å²) in [6, 6.07) is 13.0. The van der Waals surface area contributed by atoms with Crippen LogP contribution in [0.15, 0.2) is 42.5 Å². The molecule has 0 amide bonds. The molecule has 0 saturated carbocycles. The standard InChI is InChI=1S/C18H19ClFN3S/c1-13-3-2-4-15(11-13)22-7-9-23(10-8-22)18(24)21-14-5-6-17(20)16(19)12-14/h2-6,11-12H,7-10H2,1H3,(H,21,24). The van der Waals surface area contributed by atoms with Crippen LogP contribution in [0.1, 0.15) is 5.56 Å². The third-order valence-electron chi connectivity index (χ3n) is 4.10. The molecule has 0 atom stereocenters. The van der Waals surface area contributed by atoms with E-state index in [1.165, 1.54) is 17.3 Å². The van der Waals surface area contributed by atoms with Crippen LogP contribution < -0.4 is 10.2 Å². The molecule has 1 saturated heterocycles. The Balaban J connectivity index is 1.58. The third-order valence-corrected chi connectivity index (χ3v) is 4.75. The minimum absolute atomic E-state index is 0.0899. The number of nitrogens with zero attached hydrogens (tertiary/aromatic N) is 2. The van der Waals surface area contributed by atoms with E-state index in [0.29, 0.717) is 10.8 Å². The number of anilines is 2. The van der Waals surface area contributed by atoms with Gasteiger partial charge in [-0.05, 0) is 55.0 Å². The predicted octanol–water partition coefficient (Wildman–Crippen LogP) is 4.31. The quantitative estimate of drug-likeness (QED) is 0.801. The topological polar surface area (TPSA) is 18.5 Å². The minimum Gasteiger partial charge on any atom is -0.368 e. The van der Waals surface area contributed by atoms with E-state index < -0.39 is 5.82 Å². The van der Waals surface area contributed by atoms with E-state index in [4.69, 9.17) is 23.8 Å². The Kier molecular flexibility index (Phi) is 5.21. The molecule has 1 fully saturated rings. The van der Waals surface area contributed by atoms with Gasteiger partial charge in [0.2, 0.25) is 0 Å². The smallest absolute Gasteiger partial charge is 0.173 e. The number of hydrogen-bond acceptors (Lipinski definition) is 2. The lowest BCUT2D eigenvalue weighted by molar-refractivity contribution is 0.391. The molecule has 1 aliphatic heterocycles. The van der Waals surface area contributed by atoms with E-state index in [1.54, 1.807) is 12.1 Å². The summed E-state index contributed by atoms with van der Waals surface area (Å²) in [4.78, 5) is 4.49. The number of nitrogens with one attached hydrogen (secondary N) is 1. The highest BCUT2D eigenvalue weighted by Gasteiger charge is 2.19. The normalized spacial score (nSPS) is 14.6. The molecule has 6 heteroatoms. The molecule has 3 nitrogen and oxygen atoms in total. The molecular weight excluding hydrogens is 345 g/mol. The van der Waals surface area contributed by atoms with Gasteiger partial charge in [-0.1, -0.05) is 23.7 Å². The molecule has 0 aromatic heterocycles. The van der Waals surface area contributed by atoms with Gasteiger partial charge in [0, 0.05) is 37.6 Å². The number of hydrogen-bond donors (Lipinski definition) is 1. The number of benzene rings is 2. The maximum atomic E-state index is 13.2. The third kappa shape index (κ3) is 3.97. The van der Waals surface area contributed by atoms with Crippen LogP contribution in [-0.4, -0.2) is 36.2 Å². The van der Waals surface area contributed by atoms with Gasteiger partial charge in [0.05, 0.1) is 5.02 Å². The Morgan fingerprint density at radius 1 is 1.12 bits per heavy atom. The molecule has 0 spiro atoms. The number of rotatable bonds is 2. The van der Waals surface area contributed by atoms with Gasteiger partial charge in [-0.3, -0.25) is 0 Å². The fourth-order valence-electron chi connectivity index (χ4n) is 2.77. The Morgan fingerprint density at radius 3 is 2.54 bits per heavy atom. The Hall–Kier alpha value is -1.85. The molecular formula is C18H19ClFN3S. The van der Waals surface area contributed by atoms with Gasteiger partial charge in [-0.25, -0.2) is 4.39 Å². The van der Waals surface area contributed by atoms with Crippen LogP contribution in [0.4, 0.5) is 15.8 Å². The zero-order valence-corrected chi connectivity index (χ0v) is 15.0. The fourth-order valence-corrected chi connectivity index (χ4v) is 3.25. The Labute approximate surface area is 152 Å². The molecule has 3 rings (SSSR count). The van der Waals surface area contributed by atoms with Crippen LogP contribution in [0.3, 0.4) is 0 Å². The van der Waals surface area contributed by atoms with Crippen LogP contribution >= 0.6 is 23.8 Å². The molecule has 126 valence electrons.